The predicted molar refractivity (Wildman–Crippen MR) is 109 cm³/mol. The first-order valence-corrected chi connectivity index (χ1v) is 8.33. The molecule has 0 saturated heterocycles. The number of allylic oxidation sites excluding steroid dienone is 4. The van der Waals surface area contributed by atoms with Gasteiger partial charge in [0.15, 0.2) is 5.71 Å². The number of benzene rings is 1. The summed E-state index contributed by atoms with van der Waals surface area (Å²) in [6, 6.07) is 8.61. The van der Waals surface area contributed by atoms with Gasteiger partial charge in [0.1, 0.15) is 7.05 Å². The summed E-state index contributed by atoms with van der Waals surface area (Å²) >= 11 is 0. The summed E-state index contributed by atoms with van der Waals surface area (Å²) in [5, 5.41) is 0. The third-order valence-corrected chi connectivity index (χ3v) is 3.99. The molecule has 0 spiro atoms. The van der Waals surface area contributed by atoms with Crippen LogP contribution in [0.25, 0.3) is 0 Å². The first-order valence-electron chi connectivity index (χ1n) is 8.33. The van der Waals surface area contributed by atoms with Crippen molar-refractivity contribution < 1.29 is 4.58 Å². The average Bonchev–Trinajstić information content (AvgIpc) is 2.82. The predicted octanol–water partition coefficient (Wildman–Crippen LogP) is 5.17. The Balaban J connectivity index is 0.00000123. The second-order valence-corrected chi connectivity index (χ2v) is 5.60. The Hall–Kier alpha value is -2.40. The van der Waals surface area contributed by atoms with Gasteiger partial charge in [0.25, 0.3) is 0 Å². The summed E-state index contributed by atoms with van der Waals surface area (Å²) < 4.78 is 2.28. The molecule has 1 aromatic rings. The van der Waals surface area contributed by atoms with Crippen LogP contribution in [0.15, 0.2) is 53.1 Å². The van der Waals surface area contributed by atoms with Crippen molar-refractivity contribution in [2.24, 2.45) is 4.99 Å². The summed E-state index contributed by atoms with van der Waals surface area (Å²) in [6.07, 6.45) is 16.3. The molecule has 1 aliphatic heterocycles. The third kappa shape index (κ3) is 4.55. The number of rotatable bonds is 3. The van der Waals surface area contributed by atoms with Gasteiger partial charge in [-0.05, 0) is 32.4 Å². The molecule has 0 amide bonds. The Labute approximate surface area is 148 Å². The lowest BCUT2D eigenvalue weighted by Crippen LogP contribution is -2.26. The van der Waals surface area contributed by atoms with Crippen LogP contribution < -0.4 is 0 Å². The fourth-order valence-electron chi connectivity index (χ4n) is 2.84. The van der Waals surface area contributed by atoms with E-state index in [1.807, 2.05) is 27.0 Å². The molecule has 2 rings (SSSR count). The van der Waals surface area contributed by atoms with E-state index in [1.165, 1.54) is 17.0 Å². The number of aliphatic imine (C=N–C) groups is 1. The van der Waals surface area contributed by atoms with E-state index in [1.54, 1.807) is 7.05 Å². The van der Waals surface area contributed by atoms with E-state index in [0.29, 0.717) is 0 Å². The highest BCUT2D eigenvalue weighted by Crippen LogP contribution is 2.38. The van der Waals surface area contributed by atoms with Crippen molar-refractivity contribution in [3.05, 3.63) is 53.6 Å². The first kappa shape index (κ1) is 21.6. The molecule has 128 valence electrons. The molecule has 0 aliphatic carbocycles. The molecule has 0 atom stereocenters. The number of hydrogen-bond donors (Lipinski definition) is 0. The lowest BCUT2D eigenvalue weighted by molar-refractivity contribution is -0.401. The van der Waals surface area contributed by atoms with Gasteiger partial charge in [0.2, 0.25) is 5.69 Å². The summed E-state index contributed by atoms with van der Waals surface area (Å²) in [5.74, 6) is 0. The van der Waals surface area contributed by atoms with Crippen LogP contribution in [0.1, 0.15) is 40.2 Å². The Morgan fingerprint density at radius 2 is 1.75 bits per heavy atom. The molecule has 0 aromatic heterocycles. The van der Waals surface area contributed by atoms with Crippen molar-refractivity contribution in [2.45, 2.75) is 40.0 Å². The molecule has 24 heavy (non-hydrogen) atoms. The molecular weight excluding hydrogens is 292 g/mol. The lowest BCUT2D eigenvalue weighted by atomic mass is 9.81. The Kier molecular flexibility index (Phi) is 9.35. The van der Waals surface area contributed by atoms with Gasteiger partial charge in [-0.2, -0.15) is 4.58 Å². The maximum Gasteiger partial charge on any atom is 0.209 e. The van der Waals surface area contributed by atoms with Crippen LogP contribution in [0.4, 0.5) is 5.69 Å². The van der Waals surface area contributed by atoms with Crippen molar-refractivity contribution in [3.63, 3.8) is 0 Å². The second-order valence-electron chi connectivity index (χ2n) is 5.60. The number of terminal acetylenes is 1. The maximum absolute atomic E-state index is 4.08. The van der Waals surface area contributed by atoms with Crippen LogP contribution in [-0.4, -0.2) is 30.6 Å². The van der Waals surface area contributed by atoms with E-state index in [0.717, 1.165) is 5.57 Å². The molecule has 2 nitrogen and oxygen atoms in total. The first-order chi connectivity index (χ1) is 11.5. The highest BCUT2D eigenvalue weighted by Gasteiger charge is 2.42. The quantitative estimate of drug-likeness (QED) is 0.315. The van der Waals surface area contributed by atoms with E-state index in [9.17, 15) is 0 Å². The minimum absolute atomic E-state index is 0.0318. The van der Waals surface area contributed by atoms with Crippen molar-refractivity contribution in [3.8, 4) is 12.8 Å². The largest absolute Gasteiger partial charge is 0.296 e. The molecule has 0 fully saturated rings. The van der Waals surface area contributed by atoms with Crippen LogP contribution >= 0.6 is 0 Å². The normalized spacial score (nSPS) is 15.6. The lowest BCUT2D eigenvalue weighted by Gasteiger charge is -2.15. The van der Waals surface area contributed by atoms with Gasteiger partial charge in [-0.3, -0.25) is 4.99 Å². The van der Waals surface area contributed by atoms with Crippen LogP contribution in [0.5, 0.6) is 0 Å². The molecule has 0 unspecified atom stereocenters. The zero-order valence-corrected chi connectivity index (χ0v) is 16.2. The average molecular weight is 324 g/mol. The van der Waals surface area contributed by atoms with Crippen LogP contribution in [0, 0.1) is 12.8 Å². The van der Waals surface area contributed by atoms with E-state index >= 15 is 0 Å². The van der Waals surface area contributed by atoms with E-state index in [2.05, 4.69) is 85.8 Å². The van der Waals surface area contributed by atoms with Crippen LogP contribution in [0.2, 0.25) is 0 Å². The minimum atomic E-state index is 0.0318. The monoisotopic (exact) mass is 323 g/mol. The minimum Gasteiger partial charge on any atom is -0.296 e. The SMILES string of the molecule is C#C.C/C=C(C=NC)/C=C/C1=[N+](C)c2ccccc2C1(C)C.CC. The molecule has 1 aromatic carbocycles. The summed E-state index contributed by atoms with van der Waals surface area (Å²) in [5.41, 5.74) is 5.14. The number of hydrogen-bond acceptors (Lipinski definition) is 1. The standard InChI is InChI=1S/C18H23N2.C2H6.C2H2/c1-6-14(13-19-4)11-12-17-18(2,3)15-9-7-8-10-16(15)20(17)5;2*1-2/h6-13H,1-5H3;1-2H3;1-2H/q+1;;/b12-11+,14-6-,19-13?;;. The molecular formula is C22H31N2+. The highest BCUT2D eigenvalue weighted by atomic mass is 15.0. The summed E-state index contributed by atoms with van der Waals surface area (Å²) in [6.45, 7) is 10.6. The van der Waals surface area contributed by atoms with Gasteiger partial charge in [-0.15, -0.1) is 12.8 Å². The van der Waals surface area contributed by atoms with Crippen molar-refractivity contribution in [1.29, 1.82) is 0 Å². The van der Waals surface area contributed by atoms with E-state index in [4.69, 9.17) is 0 Å². The summed E-state index contributed by atoms with van der Waals surface area (Å²) in [4.78, 5) is 4.08. The molecule has 2 heteroatoms. The Morgan fingerprint density at radius 3 is 2.25 bits per heavy atom. The van der Waals surface area contributed by atoms with Gasteiger partial charge in [-0.1, -0.05) is 38.1 Å². The maximum atomic E-state index is 4.08. The molecule has 0 saturated carbocycles. The number of nitrogens with zero attached hydrogens (tertiary/aromatic N) is 2. The highest BCUT2D eigenvalue weighted by molar-refractivity contribution is 6.04. The van der Waals surface area contributed by atoms with Crippen molar-refractivity contribution in [1.82, 2.24) is 0 Å². The molecule has 1 heterocycles. The molecule has 0 bridgehead atoms. The third-order valence-electron chi connectivity index (χ3n) is 3.99. The van der Waals surface area contributed by atoms with Gasteiger partial charge >= 0.3 is 0 Å². The molecule has 0 N–H and O–H groups in total. The number of para-hydroxylation sites is 1. The van der Waals surface area contributed by atoms with Gasteiger partial charge in [0, 0.05) is 31.0 Å². The second kappa shape index (κ2) is 10.4. The van der Waals surface area contributed by atoms with Crippen LogP contribution in [0.3, 0.4) is 0 Å². The Bertz CT molecular complexity index is 668. The number of fused-ring (bicyclic) bond motifs is 1. The smallest absolute Gasteiger partial charge is 0.209 e. The van der Waals surface area contributed by atoms with Gasteiger partial charge in [0.05, 0.1) is 5.41 Å². The zero-order chi connectivity index (χ0) is 18.8. The van der Waals surface area contributed by atoms with Crippen molar-refractivity contribution >= 4 is 17.6 Å². The fourth-order valence-corrected chi connectivity index (χ4v) is 2.84. The Morgan fingerprint density at radius 1 is 1.17 bits per heavy atom. The van der Waals surface area contributed by atoms with Crippen molar-refractivity contribution in [2.75, 3.05) is 14.1 Å². The van der Waals surface area contributed by atoms with Crippen LogP contribution in [-0.2, 0) is 5.41 Å². The molecule has 1 aliphatic rings. The van der Waals surface area contributed by atoms with E-state index < -0.39 is 0 Å². The topological polar surface area (TPSA) is 15.4 Å². The van der Waals surface area contributed by atoms with E-state index in [-0.39, 0.29) is 5.41 Å². The fraction of sp³-hybridized carbons (Fsp3) is 0.364. The van der Waals surface area contributed by atoms with Gasteiger partial charge < -0.3 is 0 Å². The zero-order valence-electron chi connectivity index (χ0n) is 16.2. The summed E-state index contributed by atoms with van der Waals surface area (Å²) in [7, 11) is 3.93. The van der Waals surface area contributed by atoms with Gasteiger partial charge in [-0.25, -0.2) is 0 Å². The molecule has 0 radical (unpaired) electrons.